The van der Waals surface area contributed by atoms with Crippen molar-refractivity contribution in [2.24, 2.45) is 0 Å². The molecule has 3 aromatic rings. The minimum absolute atomic E-state index is 0.0728. The number of fused-ring (bicyclic) bond motifs is 1. The van der Waals surface area contributed by atoms with Gasteiger partial charge in [0.2, 0.25) is 0 Å². The Morgan fingerprint density at radius 2 is 1.68 bits per heavy atom. The van der Waals surface area contributed by atoms with Crippen LogP contribution < -0.4 is 15.6 Å². The molecule has 0 radical (unpaired) electrons. The number of carbonyl (C=O) groups is 2. The molecule has 0 aliphatic heterocycles. The second kappa shape index (κ2) is 9.30. The minimum atomic E-state index is -0.786. The average Bonchev–Trinajstić information content (AvgIpc) is 2.70. The molecule has 2 amide bonds. The predicted molar refractivity (Wildman–Crippen MR) is 107 cm³/mol. The normalized spacial score (nSPS) is 10.4. The summed E-state index contributed by atoms with van der Waals surface area (Å²) in [7, 11) is 0. The van der Waals surface area contributed by atoms with E-state index in [0.717, 1.165) is 16.3 Å². The molecule has 0 spiro atoms. The Bertz CT molecular complexity index is 1010. The van der Waals surface area contributed by atoms with Crippen LogP contribution in [-0.2, 0) is 16.1 Å². The molecule has 28 heavy (non-hydrogen) atoms. The molecule has 0 aliphatic rings. The standard InChI is InChI=1S/C20H16Cl2N2O4/c21-16-7-8-18(17(22)10-16)27-12-19(25)23-24-20(26)28-11-13-5-6-14-3-1-2-4-15(14)9-13/h1-10H,11-12H2,(H,23,25)(H,24,26). The second-order valence-electron chi connectivity index (χ2n) is 5.79. The summed E-state index contributed by atoms with van der Waals surface area (Å²) in [6.45, 7) is -0.268. The number of rotatable bonds is 5. The van der Waals surface area contributed by atoms with Crippen LogP contribution in [0.15, 0.2) is 60.7 Å². The van der Waals surface area contributed by atoms with Crippen molar-refractivity contribution < 1.29 is 19.1 Å². The van der Waals surface area contributed by atoms with Gasteiger partial charge in [-0.25, -0.2) is 10.2 Å². The van der Waals surface area contributed by atoms with Crippen LogP contribution in [0.3, 0.4) is 0 Å². The molecule has 144 valence electrons. The van der Waals surface area contributed by atoms with E-state index in [1.165, 1.54) is 6.07 Å². The van der Waals surface area contributed by atoms with E-state index < -0.39 is 12.0 Å². The summed E-state index contributed by atoms with van der Waals surface area (Å²) in [5.74, 6) is -0.270. The van der Waals surface area contributed by atoms with Gasteiger partial charge >= 0.3 is 6.09 Å². The van der Waals surface area contributed by atoms with Crippen LogP contribution in [0, 0.1) is 0 Å². The van der Waals surface area contributed by atoms with E-state index in [2.05, 4.69) is 10.9 Å². The SMILES string of the molecule is O=C(COc1ccc(Cl)cc1Cl)NNC(=O)OCc1ccc2ccccc2c1. The molecule has 0 saturated heterocycles. The van der Waals surface area contributed by atoms with Gasteiger partial charge in [-0.15, -0.1) is 0 Å². The van der Waals surface area contributed by atoms with Crippen LogP contribution in [-0.4, -0.2) is 18.6 Å². The molecule has 0 saturated carbocycles. The summed E-state index contributed by atoms with van der Waals surface area (Å²) in [6.07, 6.45) is -0.786. The molecule has 8 heteroatoms. The zero-order valence-electron chi connectivity index (χ0n) is 14.6. The van der Waals surface area contributed by atoms with Crippen LogP contribution in [0.2, 0.25) is 10.0 Å². The Morgan fingerprint density at radius 3 is 2.46 bits per heavy atom. The third kappa shape index (κ3) is 5.52. The predicted octanol–water partition coefficient (Wildman–Crippen LogP) is 4.48. The van der Waals surface area contributed by atoms with Crippen molar-refractivity contribution in [3.63, 3.8) is 0 Å². The summed E-state index contributed by atoms with van der Waals surface area (Å²) >= 11 is 11.7. The van der Waals surface area contributed by atoms with Crippen molar-refractivity contribution >= 4 is 46.0 Å². The number of hydrogen-bond donors (Lipinski definition) is 2. The highest BCUT2D eigenvalue weighted by Crippen LogP contribution is 2.27. The Hall–Kier alpha value is -2.96. The highest BCUT2D eigenvalue weighted by Gasteiger charge is 2.09. The Kier molecular flexibility index (Phi) is 6.57. The molecule has 2 N–H and O–H groups in total. The monoisotopic (exact) mass is 418 g/mol. The fraction of sp³-hybridized carbons (Fsp3) is 0.100. The molecule has 0 aromatic heterocycles. The van der Waals surface area contributed by atoms with Crippen LogP contribution in [0.4, 0.5) is 4.79 Å². The third-order valence-corrected chi connectivity index (χ3v) is 4.27. The Labute approximate surface area is 171 Å². The summed E-state index contributed by atoms with van der Waals surface area (Å²) < 4.78 is 10.3. The number of ether oxygens (including phenoxy) is 2. The largest absolute Gasteiger partial charge is 0.482 e. The topological polar surface area (TPSA) is 76.7 Å². The van der Waals surface area contributed by atoms with Gasteiger partial charge < -0.3 is 9.47 Å². The highest BCUT2D eigenvalue weighted by molar-refractivity contribution is 6.35. The third-order valence-electron chi connectivity index (χ3n) is 3.74. The molecule has 3 aromatic carbocycles. The van der Waals surface area contributed by atoms with Crippen LogP contribution >= 0.6 is 23.2 Å². The molecule has 0 unspecified atom stereocenters. The molecule has 6 nitrogen and oxygen atoms in total. The van der Waals surface area contributed by atoms with Crippen molar-refractivity contribution in [2.75, 3.05) is 6.61 Å². The second-order valence-corrected chi connectivity index (χ2v) is 6.64. The summed E-state index contributed by atoms with van der Waals surface area (Å²) in [6, 6.07) is 18.3. The maximum absolute atomic E-state index is 11.7. The van der Waals surface area contributed by atoms with Gasteiger partial charge in [-0.3, -0.25) is 10.2 Å². The van der Waals surface area contributed by atoms with Crippen LogP contribution in [0.1, 0.15) is 5.56 Å². The molecule has 3 rings (SSSR count). The van der Waals surface area contributed by atoms with E-state index in [1.807, 2.05) is 42.5 Å². The lowest BCUT2D eigenvalue weighted by Gasteiger charge is -2.10. The fourth-order valence-electron chi connectivity index (χ4n) is 2.41. The van der Waals surface area contributed by atoms with Crippen molar-refractivity contribution in [2.45, 2.75) is 6.61 Å². The van der Waals surface area contributed by atoms with Gasteiger partial charge in [0.15, 0.2) is 6.61 Å². The van der Waals surface area contributed by atoms with Gasteiger partial charge in [0, 0.05) is 5.02 Å². The van der Waals surface area contributed by atoms with Gasteiger partial charge in [-0.05, 0) is 40.6 Å². The number of halogens is 2. The van der Waals surface area contributed by atoms with Crippen LogP contribution in [0.25, 0.3) is 10.8 Å². The lowest BCUT2D eigenvalue weighted by Crippen LogP contribution is -2.44. The molecular formula is C20H16Cl2N2O4. The Morgan fingerprint density at radius 1 is 0.893 bits per heavy atom. The Balaban J connectivity index is 1.41. The quantitative estimate of drug-likeness (QED) is 0.598. The van der Waals surface area contributed by atoms with Crippen LogP contribution in [0.5, 0.6) is 5.75 Å². The van der Waals surface area contributed by atoms with Gasteiger partial charge in [0.1, 0.15) is 12.4 Å². The first kappa shape index (κ1) is 19.8. The lowest BCUT2D eigenvalue weighted by molar-refractivity contribution is -0.124. The summed E-state index contributed by atoms with van der Waals surface area (Å²) in [5, 5.41) is 2.89. The summed E-state index contributed by atoms with van der Waals surface area (Å²) in [4.78, 5) is 23.5. The summed E-state index contributed by atoms with van der Waals surface area (Å²) in [5.41, 5.74) is 5.18. The van der Waals surface area contributed by atoms with Crippen molar-refractivity contribution in [1.29, 1.82) is 0 Å². The number of amides is 2. The minimum Gasteiger partial charge on any atom is -0.482 e. The zero-order valence-corrected chi connectivity index (χ0v) is 16.1. The zero-order chi connectivity index (χ0) is 19.9. The molecule has 0 heterocycles. The molecule has 0 bridgehead atoms. The van der Waals surface area contributed by atoms with Crippen molar-refractivity contribution in [3.8, 4) is 5.75 Å². The number of hydrazine groups is 1. The number of hydrogen-bond acceptors (Lipinski definition) is 4. The van der Waals surface area contributed by atoms with E-state index in [9.17, 15) is 9.59 Å². The van der Waals surface area contributed by atoms with E-state index >= 15 is 0 Å². The number of carbonyl (C=O) groups excluding carboxylic acids is 2. The van der Waals surface area contributed by atoms with Gasteiger partial charge in [-0.1, -0.05) is 59.6 Å². The average molecular weight is 419 g/mol. The van der Waals surface area contributed by atoms with E-state index in [-0.39, 0.29) is 18.2 Å². The first-order valence-corrected chi connectivity index (χ1v) is 9.04. The first-order chi connectivity index (χ1) is 13.5. The van der Waals surface area contributed by atoms with Gasteiger partial charge in [-0.2, -0.15) is 0 Å². The van der Waals surface area contributed by atoms with E-state index in [4.69, 9.17) is 32.7 Å². The first-order valence-electron chi connectivity index (χ1n) is 8.28. The van der Waals surface area contributed by atoms with Gasteiger partial charge in [0.05, 0.1) is 5.02 Å². The smallest absolute Gasteiger partial charge is 0.426 e. The molecular weight excluding hydrogens is 403 g/mol. The van der Waals surface area contributed by atoms with Crippen molar-refractivity contribution in [1.82, 2.24) is 10.9 Å². The molecule has 0 aliphatic carbocycles. The molecule has 0 fully saturated rings. The van der Waals surface area contributed by atoms with Gasteiger partial charge in [0.25, 0.3) is 5.91 Å². The number of benzene rings is 3. The maximum Gasteiger partial charge on any atom is 0.426 e. The fourth-order valence-corrected chi connectivity index (χ4v) is 2.87. The van der Waals surface area contributed by atoms with E-state index in [0.29, 0.717) is 10.8 Å². The highest BCUT2D eigenvalue weighted by atomic mass is 35.5. The van der Waals surface area contributed by atoms with E-state index in [1.54, 1.807) is 12.1 Å². The number of nitrogens with one attached hydrogen (secondary N) is 2. The van der Waals surface area contributed by atoms with Crippen molar-refractivity contribution in [3.05, 3.63) is 76.3 Å². The maximum atomic E-state index is 11.7. The lowest BCUT2D eigenvalue weighted by atomic mass is 10.1. The molecule has 0 atom stereocenters.